The number of rotatable bonds is 5. The molecule has 0 saturated carbocycles. The first-order chi connectivity index (χ1) is 12.6. The number of nitrogens with one attached hydrogen (secondary N) is 1. The van der Waals surface area contributed by atoms with Crippen LogP contribution in [0.25, 0.3) is 10.2 Å². The van der Waals surface area contributed by atoms with Crippen LogP contribution in [0.3, 0.4) is 0 Å². The van der Waals surface area contributed by atoms with Crippen molar-refractivity contribution in [3.05, 3.63) is 62.0 Å². The van der Waals surface area contributed by atoms with Crippen molar-refractivity contribution in [2.75, 3.05) is 6.54 Å². The van der Waals surface area contributed by atoms with Crippen LogP contribution < -0.4 is 10.9 Å². The Kier molecular flexibility index (Phi) is 4.78. The highest BCUT2D eigenvalue weighted by Gasteiger charge is 2.21. The molecule has 1 N–H and O–H groups in total. The van der Waals surface area contributed by atoms with Crippen molar-refractivity contribution in [2.45, 2.75) is 32.2 Å². The van der Waals surface area contributed by atoms with E-state index in [4.69, 9.17) is 11.6 Å². The highest BCUT2D eigenvalue weighted by Crippen LogP contribution is 2.34. The minimum absolute atomic E-state index is 0.00693. The van der Waals surface area contributed by atoms with Crippen LogP contribution in [0.4, 0.5) is 0 Å². The Morgan fingerprint density at radius 3 is 2.88 bits per heavy atom. The van der Waals surface area contributed by atoms with E-state index in [9.17, 15) is 9.59 Å². The molecule has 3 aromatic rings. The molecule has 2 heterocycles. The Labute approximate surface area is 159 Å². The van der Waals surface area contributed by atoms with E-state index in [1.807, 2.05) is 24.3 Å². The summed E-state index contributed by atoms with van der Waals surface area (Å²) in [4.78, 5) is 31.4. The quantitative estimate of drug-likeness (QED) is 0.732. The third-order valence-electron chi connectivity index (χ3n) is 4.65. The predicted octanol–water partition coefficient (Wildman–Crippen LogP) is 2.96. The molecule has 1 aromatic carbocycles. The summed E-state index contributed by atoms with van der Waals surface area (Å²) in [6.45, 7) is 0.506. The lowest BCUT2D eigenvalue weighted by atomic mass is 10.1. The maximum absolute atomic E-state index is 12.7. The van der Waals surface area contributed by atoms with Crippen molar-refractivity contribution < 1.29 is 4.79 Å². The summed E-state index contributed by atoms with van der Waals surface area (Å²) in [5.74, 6) is -0.186. The Hall–Kier alpha value is -2.18. The van der Waals surface area contributed by atoms with Crippen molar-refractivity contribution in [3.8, 4) is 0 Å². The Bertz CT molecular complexity index is 1020. The molecule has 0 atom stereocenters. The number of halogens is 1. The fourth-order valence-electron chi connectivity index (χ4n) is 3.34. The first-order valence-electron chi connectivity index (χ1n) is 8.62. The summed E-state index contributed by atoms with van der Waals surface area (Å²) in [6, 6.07) is 7.54. The van der Waals surface area contributed by atoms with Gasteiger partial charge in [-0.2, -0.15) is 0 Å². The zero-order valence-corrected chi connectivity index (χ0v) is 15.7. The summed E-state index contributed by atoms with van der Waals surface area (Å²) >= 11 is 7.47. The second-order valence-electron chi connectivity index (χ2n) is 6.44. The van der Waals surface area contributed by atoms with E-state index >= 15 is 0 Å². The summed E-state index contributed by atoms with van der Waals surface area (Å²) < 4.78 is 1.41. The van der Waals surface area contributed by atoms with Gasteiger partial charge in [0, 0.05) is 16.4 Å². The molecule has 0 unspecified atom stereocenters. The molecule has 2 aromatic heterocycles. The van der Waals surface area contributed by atoms with Crippen molar-refractivity contribution in [1.82, 2.24) is 14.9 Å². The zero-order chi connectivity index (χ0) is 18.1. The summed E-state index contributed by atoms with van der Waals surface area (Å²) in [5.41, 5.74) is 2.13. The Balaban J connectivity index is 1.42. The van der Waals surface area contributed by atoms with Crippen LogP contribution in [0.5, 0.6) is 0 Å². The van der Waals surface area contributed by atoms with Gasteiger partial charge in [-0.3, -0.25) is 14.2 Å². The van der Waals surface area contributed by atoms with Gasteiger partial charge in [0.05, 0.1) is 11.7 Å². The van der Waals surface area contributed by atoms with Crippen LogP contribution in [0.15, 0.2) is 35.4 Å². The second-order valence-corrected chi connectivity index (χ2v) is 7.96. The Morgan fingerprint density at radius 2 is 2.08 bits per heavy atom. The van der Waals surface area contributed by atoms with Crippen LogP contribution in [0.1, 0.15) is 22.4 Å². The number of fused-ring (bicyclic) bond motifs is 3. The smallest absolute Gasteiger partial charge is 0.262 e. The molecular formula is C19H18ClN3O2S. The number of nitrogens with zero attached hydrogens (tertiary/aromatic N) is 2. The van der Waals surface area contributed by atoms with Gasteiger partial charge in [-0.05, 0) is 48.9 Å². The number of thiophene rings is 1. The fraction of sp³-hybridized carbons (Fsp3) is 0.316. The Morgan fingerprint density at radius 1 is 1.27 bits per heavy atom. The molecule has 1 aliphatic carbocycles. The zero-order valence-electron chi connectivity index (χ0n) is 14.1. The van der Waals surface area contributed by atoms with Gasteiger partial charge in [0.25, 0.3) is 5.56 Å². The second kappa shape index (κ2) is 7.21. The number of carbonyl (C=O) groups excluding carboxylic acids is 1. The first-order valence-corrected chi connectivity index (χ1v) is 9.82. The topological polar surface area (TPSA) is 64.0 Å². The minimum atomic E-state index is -0.186. The molecule has 5 nitrogen and oxygen atoms in total. The lowest BCUT2D eigenvalue weighted by Crippen LogP contribution is -2.33. The van der Waals surface area contributed by atoms with Crippen molar-refractivity contribution in [3.63, 3.8) is 0 Å². The van der Waals surface area contributed by atoms with Crippen molar-refractivity contribution in [2.24, 2.45) is 0 Å². The lowest BCUT2D eigenvalue weighted by Gasteiger charge is -2.08. The van der Waals surface area contributed by atoms with Crippen LogP contribution in [-0.4, -0.2) is 22.0 Å². The van der Waals surface area contributed by atoms with Crippen molar-refractivity contribution >= 4 is 39.1 Å². The SMILES string of the molecule is O=C(Cn1cnc2sc3c(c2c1=O)CCC3)NCCc1ccc(Cl)cc1. The lowest BCUT2D eigenvalue weighted by molar-refractivity contribution is -0.121. The van der Waals surface area contributed by atoms with E-state index in [1.165, 1.54) is 15.8 Å². The van der Waals surface area contributed by atoms with E-state index in [2.05, 4.69) is 10.3 Å². The molecule has 0 radical (unpaired) electrons. The molecule has 0 aliphatic heterocycles. The molecule has 26 heavy (non-hydrogen) atoms. The van der Waals surface area contributed by atoms with Gasteiger partial charge in [0.15, 0.2) is 0 Å². The number of benzene rings is 1. The maximum Gasteiger partial charge on any atom is 0.262 e. The predicted molar refractivity (Wildman–Crippen MR) is 104 cm³/mol. The number of aryl methyl sites for hydroxylation is 2. The summed E-state index contributed by atoms with van der Waals surface area (Å²) in [7, 11) is 0. The van der Waals surface area contributed by atoms with Crippen LogP contribution >= 0.6 is 22.9 Å². The average molecular weight is 388 g/mol. The van der Waals surface area contributed by atoms with Gasteiger partial charge in [0.1, 0.15) is 11.4 Å². The molecule has 7 heteroatoms. The molecule has 0 spiro atoms. The molecule has 1 aliphatic rings. The molecule has 0 saturated heterocycles. The van der Waals surface area contributed by atoms with Gasteiger partial charge in [-0.1, -0.05) is 23.7 Å². The molecule has 0 fully saturated rings. The highest BCUT2D eigenvalue weighted by molar-refractivity contribution is 7.18. The van der Waals surface area contributed by atoms with Crippen LogP contribution in [-0.2, 0) is 30.6 Å². The number of amides is 1. The minimum Gasteiger partial charge on any atom is -0.354 e. The molecule has 4 rings (SSSR count). The third-order valence-corrected chi connectivity index (χ3v) is 6.11. The van der Waals surface area contributed by atoms with E-state index in [1.54, 1.807) is 11.3 Å². The van der Waals surface area contributed by atoms with Crippen molar-refractivity contribution in [1.29, 1.82) is 0 Å². The van der Waals surface area contributed by atoms with E-state index in [0.29, 0.717) is 23.4 Å². The molecular weight excluding hydrogens is 370 g/mol. The van der Waals surface area contributed by atoms with E-state index < -0.39 is 0 Å². The number of carbonyl (C=O) groups is 1. The van der Waals surface area contributed by atoms with Gasteiger partial charge in [-0.15, -0.1) is 11.3 Å². The molecule has 134 valence electrons. The van der Waals surface area contributed by atoms with Gasteiger partial charge < -0.3 is 5.32 Å². The normalized spacial score (nSPS) is 13.1. The van der Waals surface area contributed by atoms with E-state index in [0.717, 1.165) is 35.2 Å². The monoisotopic (exact) mass is 387 g/mol. The summed E-state index contributed by atoms with van der Waals surface area (Å²) in [6.07, 6.45) is 5.25. The number of hydrogen-bond donors (Lipinski definition) is 1. The molecule has 1 amide bonds. The number of hydrogen-bond acceptors (Lipinski definition) is 4. The largest absolute Gasteiger partial charge is 0.354 e. The fourth-order valence-corrected chi connectivity index (χ4v) is 4.69. The maximum atomic E-state index is 12.7. The standard InChI is InChI=1S/C19H18ClN3O2S/c20-13-6-4-12(5-7-13)8-9-21-16(24)10-23-11-22-18-17(19(23)25)14-2-1-3-15(14)26-18/h4-7,11H,1-3,8-10H2,(H,21,24). The highest BCUT2D eigenvalue weighted by atomic mass is 35.5. The van der Waals surface area contributed by atoms with Crippen LogP contribution in [0, 0.1) is 0 Å². The van der Waals surface area contributed by atoms with Gasteiger partial charge in [0.2, 0.25) is 5.91 Å². The number of aromatic nitrogens is 2. The van der Waals surface area contributed by atoms with Gasteiger partial charge in [-0.25, -0.2) is 4.98 Å². The van der Waals surface area contributed by atoms with Crippen LogP contribution in [0.2, 0.25) is 5.02 Å². The average Bonchev–Trinajstić information content (AvgIpc) is 3.20. The first kappa shape index (κ1) is 17.2. The van der Waals surface area contributed by atoms with Gasteiger partial charge >= 0.3 is 0 Å². The van der Waals surface area contributed by atoms with E-state index in [-0.39, 0.29) is 18.0 Å². The third kappa shape index (κ3) is 3.39. The molecule has 0 bridgehead atoms. The summed E-state index contributed by atoms with van der Waals surface area (Å²) in [5, 5.41) is 4.26.